The largest absolute Gasteiger partial charge is 0.240 e. The average molecular weight is 329 g/mol. The average Bonchev–Trinajstić information content (AvgIpc) is 3.03. The summed E-state index contributed by atoms with van der Waals surface area (Å²) in [5.41, 5.74) is 1.76. The van der Waals surface area contributed by atoms with Crippen LogP contribution in [0.25, 0.3) is 5.69 Å². The molecule has 118 valence electrons. The topological polar surface area (TPSA) is 89.8 Å². The molecule has 0 unspecified atom stereocenters. The van der Waals surface area contributed by atoms with Gasteiger partial charge in [0.2, 0.25) is 10.0 Å². The van der Waals surface area contributed by atoms with Crippen molar-refractivity contribution in [1.29, 1.82) is 0 Å². The lowest BCUT2D eigenvalue weighted by Gasteiger charge is -2.07. The number of hydrogen-bond donors (Lipinski definition) is 1. The molecule has 0 fully saturated rings. The fourth-order valence-electron chi connectivity index (χ4n) is 2.05. The summed E-state index contributed by atoms with van der Waals surface area (Å²) < 4.78 is 28.6. The van der Waals surface area contributed by atoms with Crippen molar-refractivity contribution in [2.45, 2.75) is 18.4 Å². The molecule has 0 atom stereocenters. The summed E-state index contributed by atoms with van der Waals surface area (Å²) in [7, 11) is -3.61. The Morgan fingerprint density at radius 3 is 2.43 bits per heavy atom. The Bertz CT molecular complexity index is 889. The van der Waals surface area contributed by atoms with E-state index >= 15 is 0 Å². The van der Waals surface area contributed by atoms with Gasteiger partial charge in [-0.3, -0.25) is 0 Å². The Labute approximate surface area is 134 Å². The van der Waals surface area contributed by atoms with Crippen LogP contribution in [0.1, 0.15) is 11.4 Å². The molecule has 1 aromatic heterocycles. The van der Waals surface area contributed by atoms with Crippen LogP contribution in [0.2, 0.25) is 0 Å². The van der Waals surface area contributed by atoms with Crippen molar-refractivity contribution in [2.75, 3.05) is 0 Å². The van der Waals surface area contributed by atoms with E-state index in [1.54, 1.807) is 24.3 Å². The van der Waals surface area contributed by atoms with Crippen LogP contribution in [0.3, 0.4) is 0 Å². The van der Waals surface area contributed by atoms with Crippen LogP contribution in [0.5, 0.6) is 0 Å². The second-order valence-corrected chi connectivity index (χ2v) is 6.75. The number of para-hydroxylation sites is 1. The SMILES string of the molecule is Cc1ccc(S(=O)(=O)NCc2nnnn2-c2ccccc2)cc1. The lowest BCUT2D eigenvalue weighted by molar-refractivity contribution is 0.578. The monoisotopic (exact) mass is 329 g/mol. The summed E-state index contributed by atoms with van der Waals surface area (Å²) in [5.74, 6) is 0.409. The number of aromatic nitrogens is 4. The highest BCUT2D eigenvalue weighted by molar-refractivity contribution is 7.89. The van der Waals surface area contributed by atoms with E-state index in [1.165, 1.54) is 4.68 Å². The van der Waals surface area contributed by atoms with Crippen LogP contribution in [-0.2, 0) is 16.6 Å². The van der Waals surface area contributed by atoms with E-state index in [4.69, 9.17) is 0 Å². The number of sulfonamides is 1. The Kier molecular flexibility index (Phi) is 4.18. The number of hydrogen-bond acceptors (Lipinski definition) is 5. The first kappa shape index (κ1) is 15.3. The summed E-state index contributed by atoms with van der Waals surface area (Å²) in [4.78, 5) is 0.210. The summed E-state index contributed by atoms with van der Waals surface area (Å²) in [5, 5.41) is 11.4. The quantitative estimate of drug-likeness (QED) is 0.765. The maximum absolute atomic E-state index is 12.3. The van der Waals surface area contributed by atoms with Gasteiger partial charge in [0, 0.05) is 0 Å². The van der Waals surface area contributed by atoms with Crippen molar-refractivity contribution in [3.8, 4) is 5.69 Å². The van der Waals surface area contributed by atoms with Crippen molar-refractivity contribution in [3.63, 3.8) is 0 Å². The number of nitrogens with one attached hydrogen (secondary N) is 1. The Morgan fingerprint density at radius 2 is 1.74 bits per heavy atom. The first-order valence-electron chi connectivity index (χ1n) is 6.95. The van der Waals surface area contributed by atoms with Crippen LogP contribution in [0.4, 0.5) is 0 Å². The molecule has 0 saturated heterocycles. The molecule has 0 saturated carbocycles. The third kappa shape index (κ3) is 3.43. The van der Waals surface area contributed by atoms with Crippen molar-refractivity contribution in [2.24, 2.45) is 0 Å². The van der Waals surface area contributed by atoms with Crippen LogP contribution in [0, 0.1) is 6.92 Å². The zero-order valence-electron chi connectivity index (χ0n) is 12.4. The first-order valence-corrected chi connectivity index (χ1v) is 8.43. The Hall–Kier alpha value is -2.58. The minimum absolute atomic E-state index is 0.00188. The maximum Gasteiger partial charge on any atom is 0.240 e. The molecule has 0 bridgehead atoms. The number of benzene rings is 2. The van der Waals surface area contributed by atoms with E-state index in [1.807, 2.05) is 37.3 Å². The molecule has 8 heteroatoms. The fraction of sp³-hybridized carbons (Fsp3) is 0.133. The summed E-state index contributed by atoms with van der Waals surface area (Å²) >= 11 is 0. The molecule has 0 aliphatic rings. The molecule has 3 aromatic rings. The van der Waals surface area contributed by atoms with E-state index in [-0.39, 0.29) is 11.4 Å². The molecule has 3 rings (SSSR count). The number of tetrazole rings is 1. The van der Waals surface area contributed by atoms with E-state index in [0.29, 0.717) is 5.82 Å². The number of rotatable bonds is 5. The second kappa shape index (κ2) is 6.27. The van der Waals surface area contributed by atoms with Gasteiger partial charge in [-0.2, -0.15) is 4.68 Å². The summed E-state index contributed by atoms with van der Waals surface area (Å²) in [6, 6.07) is 15.9. The standard InChI is InChI=1S/C15H15N5O2S/c1-12-7-9-14(10-8-12)23(21,22)16-11-15-17-18-19-20(15)13-5-3-2-4-6-13/h2-10,16H,11H2,1H3. The minimum atomic E-state index is -3.61. The van der Waals surface area contributed by atoms with Gasteiger partial charge in [0.05, 0.1) is 17.1 Å². The molecule has 0 amide bonds. The predicted octanol–water partition coefficient (Wildman–Crippen LogP) is 1.45. The van der Waals surface area contributed by atoms with E-state index < -0.39 is 10.0 Å². The van der Waals surface area contributed by atoms with Crippen molar-refractivity contribution < 1.29 is 8.42 Å². The van der Waals surface area contributed by atoms with E-state index in [2.05, 4.69) is 20.2 Å². The van der Waals surface area contributed by atoms with Crippen LogP contribution >= 0.6 is 0 Å². The maximum atomic E-state index is 12.3. The van der Waals surface area contributed by atoms with Crippen LogP contribution in [-0.4, -0.2) is 28.6 Å². The van der Waals surface area contributed by atoms with Gasteiger partial charge in [0.15, 0.2) is 5.82 Å². The van der Waals surface area contributed by atoms with Gasteiger partial charge in [-0.1, -0.05) is 35.9 Å². The number of nitrogens with zero attached hydrogens (tertiary/aromatic N) is 4. The molecule has 1 N–H and O–H groups in total. The van der Waals surface area contributed by atoms with Gasteiger partial charge in [0.1, 0.15) is 0 Å². The molecule has 1 heterocycles. The third-order valence-electron chi connectivity index (χ3n) is 3.29. The number of aryl methyl sites for hydroxylation is 1. The predicted molar refractivity (Wildman–Crippen MR) is 84.4 cm³/mol. The zero-order valence-corrected chi connectivity index (χ0v) is 13.2. The highest BCUT2D eigenvalue weighted by Crippen LogP contribution is 2.11. The Morgan fingerprint density at radius 1 is 1.04 bits per heavy atom. The molecule has 2 aromatic carbocycles. The van der Waals surface area contributed by atoms with Gasteiger partial charge in [-0.15, -0.1) is 5.10 Å². The zero-order chi connectivity index (χ0) is 16.3. The molecular weight excluding hydrogens is 314 g/mol. The smallest absolute Gasteiger partial charge is 0.207 e. The molecule has 0 aliphatic carbocycles. The molecule has 0 aliphatic heterocycles. The second-order valence-electron chi connectivity index (χ2n) is 4.98. The molecule has 23 heavy (non-hydrogen) atoms. The minimum Gasteiger partial charge on any atom is -0.207 e. The summed E-state index contributed by atoms with van der Waals surface area (Å²) in [6.07, 6.45) is 0. The summed E-state index contributed by atoms with van der Waals surface area (Å²) in [6.45, 7) is 1.90. The molecule has 0 radical (unpaired) electrons. The van der Waals surface area contributed by atoms with Crippen molar-refractivity contribution >= 4 is 10.0 Å². The lowest BCUT2D eigenvalue weighted by Crippen LogP contribution is -2.25. The van der Waals surface area contributed by atoms with Crippen molar-refractivity contribution in [3.05, 3.63) is 66.0 Å². The first-order chi connectivity index (χ1) is 11.1. The van der Waals surface area contributed by atoms with Crippen LogP contribution < -0.4 is 4.72 Å². The Balaban J connectivity index is 1.79. The third-order valence-corrected chi connectivity index (χ3v) is 4.70. The van der Waals surface area contributed by atoms with Gasteiger partial charge < -0.3 is 0 Å². The van der Waals surface area contributed by atoms with Crippen molar-refractivity contribution in [1.82, 2.24) is 24.9 Å². The lowest BCUT2D eigenvalue weighted by atomic mass is 10.2. The van der Waals surface area contributed by atoms with Gasteiger partial charge >= 0.3 is 0 Å². The van der Waals surface area contributed by atoms with Gasteiger partial charge in [0.25, 0.3) is 0 Å². The van der Waals surface area contributed by atoms with Crippen LogP contribution in [0.15, 0.2) is 59.5 Å². The normalized spacial score (nSPS) is 11.5. The molecule has 0 spiro atoms. The molecular formula is C15H15N5O2S. The highest BCUT2D eigenvalue weighted by atomic mass is 32.2. The van der Waals surface area contributed by atoms with Gasteiger partial charge in [-0.05, 0) is 41.6 Å². The molecule has 7 nitrogen and oxygen atoms in total. The van der Waals surface area contributed by atoms with E-state index in [0.717, 1.165) is 11.3 Å². The van der Waals surface area contributed by atoms with Gasteiger partial charge in [-0.25, -0.2) is 13.1 Å². The fourth-order valence-corrected chi connectivity index (χ4v) is 3.03. The highest BCUT2D eigenvalue weighted by Gasteiger charge is 2.16. The van der Waals surface area contributed by atoms with E-state index in [9.17, 15) is 8.42 Å².